The molecule has 0 aromatic carbocycles. The zero-order valence-electron chi connectivity index (χ0n) is 9.59. The number of nitrogens with one attached hydrogen (secondary N) is 1. The Morgan fingerprint density at radius 2 is 2.31 bits per heavy atom. The van der Waals surface area contributed by atoms with Gasteiger partial charge in [0.25, 0.3) is 0 Å². The molecule has 0 aliphatic heterocycles. The van der Waals surface area contributed by atoms with Crippen LogP contribution >= 0.6 is 0 Å². The van der Waals surface area contributed by atoms with Gasteiger partial charge in [0.05, 0.1) is 18.4 Å². The van der Waals surface area contributed by atoms with E-state index in [1.807, 2.05) is 19.3 Å². The third-order valence-corrected chi connectivity index (χ3v) is 2.33. The molecule has 0 unspecified atom stereocenters. The van der Waals surface area contributed by atoms with Crippen molar-refractivity contribution >= 4 is 5.95 Å². The summed E-state index contributed by atoms with van der Waals surface area (Å²) in [6.45, 7) is 6.60. The number of anilines is 1. The van der Waals surface area contributed by atoms with Crippen molar-refractivity contribution in [3.05, 3.63) is 24.3 Å². The van der Waals surface area contributed by atoms with E-state index in [0.29, 0.717) is 0 Å². The van der Waals surface area contributed by atoms with Gasteiger partial charge in [-0.1, -0.05) is 5.21 Å². The third kappa shape index (κ3) is 2.39. The molecule has 16 heavy (non-hydrogen) atoms. The van der Waals surface area contributed by atoms with Gasteiger partial charge < -0.3 is 9.88 Å². The second-order valence-corrected chi connectivity index (χ2v) is 3.58. The van der Waals surface area contributed by atoms with E-state index >= 15 is 0 Å². The molecule has 0 bridgehead atoms. The van der Waals surface area contributed by atoms with Crippen molar-refractivity contribution in [1.29, 1.82) is 0 Å². The van der Waals surface area contributed by atoms with E-state index in [2.05, 4.69) is 32.1 Å². The molecule has 6 heteroatoms. The maximum absolute atomic E-state index is 4.41. The SMILES string of the molecule is CCn1cc(C)nc1NCCn1ccnn1. The molecule has 6 nitrogen and oxygen atoms in total. The second-order valence-electron chi connectivity index (χ2n) is 3.58. The lowest BCUT2D eigenvalue weighted by Crippen LogP contribution is -2.14. The van der Waals surface area contributed by atoms with Crippen LogP contribution in [0.15, 0.2) is 18.6 Å². The maximum Gasteiger partial charge on any atom is 0.203 e. The van der Waals surface area contributed by atoms with Crippen LogP contribution in [0.25, 0.3) is 0 Å². The van der Waals surface area contributed by atoms with Gasteiger partial charge in [0.1, 0.15) is 0 Å². The molecule has 86 valence electrons. The van der Waals surface area contributed by atoms with Crippen molar-refractivity contribution in [2.24, 2.45) is 0 Å². The molecule has 2 heterocycles. The summed E-state index contributed by atoms with van der Waals surface area (Å²) >= 11 is 0. The van der Waals surface area contributed by atoms with Crippen LogP contribution in [0, 0.1) is 6.92 Å². The van der Waals surface area contributed by atoms with Crippen LogP contribution in [0.5, 0.6) is 0 Å². The van der Waals surface area contributed by atoms with Gasteiger partial charge >= 0.3 is 0 Å². The lowest BCUT2D eigenvalue weighted by molar-refractivity contribution is 0.605. The van der Waals surface area contributed by atoms with Gasteiger partial charge in [-0.3, -0.25) is 4.68 Å². The summed E-state index contributed by atoms with van der Waals surface area (Å²) in [6, 6.07) is 0. The van der Waals surface area contributed by atoms with E-state index in [1.54, 1.807) is 10.9 Å². The number of aromatic nitrogens is 5. The average molecular weight is 220 g/mol. The van der Waals surface area contributed by atoms with E-state index < -0.39 is 0 Å². The van der Waals surface area contributed by atoms with Crippen molar-refractivity contribution < 1.29 is 0 Å². The fraction of sp³-hybridized carbons (Fsp3) is 0.500. The van der Waals surface area contributed by atoms with E-state index in [0.717, 1.165) is 31.3 Å². The van der Waals surface area contributed by atoms with Gasteiger partial charge in [-0.15, -0.1) is 5.10 Å². The van der Waals surface area contributed by atoms with Crippen molar-refractivity contribution in [3.63, 3.8) is 0 Å². The van der Waals surface area contributed by atoms with Gasteiger partial charge in [-0.25, -0.2) is 4.98 Å². The molecule has 0 atom stereocenters. The molecule has 0 fully saturated rings. The zero-order valence-corrected chi connectivity index (χ0v) is 9.59. The van der Waals surface area contributed by atoms with Crippen LogP contribution < -0.4 is 5.32 Å². The fourth-order valence-electron chi connectivity index (χ4n) is 1.56. The highest BCUT2D eigenvalue weighted by molar-refractivity contribution is 5.28. The summed E-state index contributed by atoms with van der Waals surface area (Å²) in [6.07, 6.45) is 5.56. The van der Waals surface area contributed by atoms with E-state index in [4.69, 9.17) is 0 Å². The number of hydrogen-bond acceptors (Lipinski definition) is 4. The molecular weight excluding hydrogens is 204 g/mol. The summed E-state index contributed by atoms with van der Waals surface area (Å²) in [4.78, 5) is 4.41. The molecule has 0 amide bonds. The monoisotopic (exact) mass is 220 g/mol. The third-order valence-electron chi connectivity index (χ3n) is 2.33. The maximum atomic E-state index is 4.41. The van der Waals surface area contributed by atoms with Crippen molar-refractivity contribution in [3.8, 4) is 0 Å². The normalized spacial score (nSPS) is 10.6. The highest BCUT2D eigenvalue weighted by Crippen LogP contribution is 2.07. The van der Waals surface area contributed by atoms with E-state index in [9.17, 15) is 0 Å². The summed E-state index contributed by atoms with van der Waals surface area (Å²) < 4.78 is 3.88. The molecular formula is C10H16N6. The number of aryl methyl sites for hydroxylation is 2. The largest absolute Gasteiger partial charge is 0.354 e. The highest BCUT2D eigenvalue weighted by Gasteiger charge is 2.02. The predicted molar refractivity (Wildman–Crippen MR) is 61.1 cm³/mol. The molecule has 2 aromatic heterocycles. The Morgan fingerprint density at radius 1 is 1.44 bits per heavy atom. The van der Waals surface area contributed by atoms with Crippen LogP contribution in [-0.2, 0) is 13.1 Å². The Kier molecular flexibility index (Phi) is 3.19. The fourth-order valence-corrected chi connectivity index (χ4v) is 1.56. The Hall–Kier alpha value is -1.85. The number of imidazole rings is 1. The first-order chi connectivity index (χ1) is 7.79. The molecule has 0 spiro atoms. The van der Waals surface area contributed by atoms with Gasteiger partial charge in [0.2, 0.25) is 5.95 Å². The first-order valence-electron chi connectivity index (χ1n) is 5.41. The topological polar surface area (TPSA) is 60.6 Å². The van der Waals surface area contributed by atoms with Crippen LogP contribution in [0.2, 0.25) is 0 Å². The highest BCUT2D eigenvalue weighted by atomic mass is 15.4. The molecule has 1 N–H and O–H groups in total. The number of nitrogens with zero attached hydrogens (tertiary/aromatic N) is 5. The number of rotatable bonds is 5. The van der Waals surface area contributed by atoms with Gasteiger partial charge in [0.15, 0.2) is 0 Å². The smallest absolute Gasteiger partial charge is 0.203 e. The molecule has 2 rings (SSSR count). The van der Waals surface area contributed by atoms with Gasteiger partial charge in [0, 0.05) is 25.5 Å². The summed E-state index contributed by atoms with van der Waals surface area (Å²) in [5, 5.41) is 10.9. The summed E-state index contributed by atoms with van der Waals surface area (Å²) in [5.74, 6) is 0.917. The van der Waals surface area contributed by atoms with E-state index in [1.165, 1.54) is 0 Å². The van der Waals surface area contributed by atoms with Crippen molar-refractivity contribution in [1.82, 2.24) is 24.5 Å². The minimum absolute atomic E-state index is 0.787. The van der Waals surface area contributed by atoms with Crippen LogP contribution in [0.1, 0.15) is 12.6 Å². The molecule has 2 aromatic rings. The molecule has 0 aliphatic rings. The molecule has 0 saturated carbocycles. The predicted octanol–water partition coefficient (Wildman–Crippen LogP) is 0.915. The van der Waals surface area contributed by atoms with Crippen molar-refractivity contribution in [2.75, 3.05) is 11.9 Å². The lowest BCUT2D eigenvalue weighted by atomic mass is 10.6. The first-order valence-corrected chi connectivity index (χ1v) is 5.41. The van der Waals surface area contributed by atoms with E-state index in [-0.39, 0.29) is 0 Å². The minimum Gasteiger partial charge on any atom is -0.354 e. The van der Waals surface area contributed by atoms with Crippen LogP contribution in [-0.4, -0.2) is 31.1 Å². The zero-order chi connectivity index (χ0) is 11.4. The van der Waals surface area contributed by atoms with Crippen LogP contribution in [0.3, 0.4) is 0 Å². The average Bonchev–Trinajstić information content (AvgIpc) is 2.88. The second kappa shape index (κ2) is 4.78. The standard InChI is InChI=1S/C10H16N6/c1-3-15-8-9(2)13-10(15)11-4-6-16-7-5-12-14-16/h5,7-8H,3-4,6H2,1-2H3,(H,11,13). The Bertz CT molecular complexity index is 430. The molecule has 0 radical (unpaired) electrons. The Balaban J connectivity index is 1.89. The lowest BCUT2D eigenvalue weighted by Gasteiger charge is -2.07. The summed E-state index contributed by atoms with van der Waals surface area (Å²) in [7, 11) is 0. The van der Waals surface area contributed by atoms with Gasteiger partial charge in [-0.2, -0.15) is 0 Å². The first kappa shape index (κ1) is 10.7. The van der Waals surface area contributed by atoms with Gasteiger partial charge in [-0.05, 0) is 13.8 Å². The molecule has 0 saturated heterocycles. The van der Waals surface area contributed by atoms with Crippen LogP contribution in [0.4, 0.5) is 5.95 Å². The Labute approximate surface area is 94.3 Å². The number of hydrogen-bond donors (Lipinski definition) is 1. The Morgan fingerprint density at radius 3 is 3.00 bits per heavy atom. The summed E-state index contributed by atoms with van der Waals surface area (Å²) in [5.41, 5.74) is 1.03. The van der Waals surface area contributed by atoms with Crippen molar-refractivity contribution in [2.45, 2.75) is 26.9 Å². The quantitative estimate of drug-likeness (QED) is 0.813. The molecule has 0 aliphatic carbocycles. The minimum atomic E-state index is 0.787.